The number of hydrogen-bond acceptors (Lipinski definition) is 8. The van der Waals surface area contributed by atoms with Gasteiger partial charge in [-0.25, -0.2) is 9.59 Å². The first-order valence-corrected chi connectivity index (χ1v) is 14.8. The molecule has 1 aromatic heterocycles. The summed E-state index contributed by atoms with van der Waals surface area (Å²) in [6.45, 7) is 5.22. The summed E-state index contributed by atoms with van der Waals surface area (Å²) in [5, 5.41) is 8.73. The third-order valence-corrected chi connectivity index (χ3v) is 7.80. The van der Waals surface area contributed by atoms with Gasteiger partial charge in [-0.15, -0.1) is 0 Å². The van der Waals surface area contributed by atoms with E-state index < -0.39 is 11.7 Å². The minimum absolute atomic E-state index is 0.0569. The molecule has 3 rings (SSSR count). The van der Waals surface area contributed by atoms with Crippen molar-refractivity contribution in [1.29, 1.82) is 0 Å². The number of aryl methyl sites for hydroxylation is 1. The average Bonchev–Trinajstić information content (AvgIpc) is 2.88. The van der Waals surface area contributed by atoms with E-state index in [4.69, 9.17) is 9.15 Å². The highest BCUT2D eigenvalue weighted by Crippen LogP contribution is 2.29. The Morgan fingerprint density at radius 2 is 1.80 bits per heavy atom. The Hall–Kier alpha value is -2.66. The number of likely N-dealkylation sites (N-methyl/N-ethyl adjacent to an activating group) is 2. The van der Waals surface area contributed by atoms with Crippen LogP contribution in [0.15, 0.2) is 33.5 Å². The molecule has 40 heavy (non-hydrogen) atoms. The molecule has 11 nitrogen and oxygen atoms in total. The number of amides is 3. The second kappa shape index (κ2) is 14.3. The van der Waals surface area contributed by atoms with E-state index in [0.29, 0.717) is 42.8 Å². The topological polar surface area (TPSA) is 129 Å². The zero-order chi connectivity index (χ0) is 29.6. The molecule has 3 N–H and O–H groups in total. The molecule has 0 saturated carbocycles. The number of carbonyl (C=O) groups excluding carboxylic acids is 2. The standard InChI is InChI=1S/C27H34I2N6O5/c1-7-30-26(38)31-19-8-9-20-22(15(19)2)25(37)40-27(32-20)33-21(24(36)35(5)11-10-34(3)4)14-16-12-17(28)23(39-6)18(29)13-16/h8-9,12-13,21H,7,10-11,14H2,1-6H3,(H,32,33)(H2,30,31,38)/t21-/m0/s1. The van der Waals surface area contributed by atoms with Crippen LogP contribution in [0.2, 0.25) is 0 Å². The van der Waals surface area contributed by atoms with E-state index in [2.05, 4.69) is 66.1 Å². The molecule has 0 aliphatic carbocycles. The summed E-state index contributed by atoms with van der Waals surface area (Å²) >= 11 is 4.42. The number of nitrogens with zero attached hydrogens (tertiary/aromatic N) is 3. The fourth-order valence-corrected chi connectivity index (χ4v) is 6.42. The summed E-state index contributed by atoms with van der Waals surface area (Å²) < 4.78 is 12.9. The van der Waals surface area contributed by atoms with Crippen LogP contribution in [0.25, 0.3) is 10.9 Å². The van der Waals surface area contributed by atoms with E-state index in [0.717, 1.165) is 18.5 Å². The first-order valence-electron chi connectivity index (χ1n) is 12.6. The van der Waals surface area contributed by atoms with E-state index in [1.807, 2.05) is 38.1 Å². The molecule has 13 heteroatoms. The number of hydrogen-bond donors (Lipinski definition) is 3. The van der Waals surface area contributed by atoms with E-state index in [9.17, 15) is 14.4 Å². The number of urea groups is 1. The third kappa shape index (κ3) is 7.96. The molecule has 0 saturated heterocycles. The number of halogens is 2. The summed E-state index contributed by atoms with van der Waals surface area (Å²) in [4.78, 5) is 46.8. The molecule has 1 heterocycles. The Morgan fingerprint density at radius 1 is 1.12 bits per heavy atom. The van der Waals surface area contributed by atoms with Gasteiger partial charge in [0.05, 0.1) is 25.2 Å². The van der Waals surface area contributed by atoms with Gasteiger partial charge >= 0.3 is 11.7 Å². The number of nitrogens with one attached hydrogen (secondary N) is 3. The van der Waals surface area contributed by atoms with Crippen LogP contribution in [-0.2, 0) is 11.2 Å². The van der Waals surface area contributed by atoms with Crippen molar-refractivity contribution in [3.63, 3.8) is 0 Å². The normalized spacial score (nSPS) is 11.8. The maximum Gasteiger partial charge on any atom is 0.348 e. The van der Waals surface area contributed by atoms with Gasteiger partial charge in [-0.2, -0.15) is 4.98 Å². The van der Waals surface area contributed by atoms with Gasteiger partial charge in [-0.05, 0) is 109 Å². The lowest BCUT2D eigenvalue weighted by Gasteiger charge is -2.26. The molecule has 2 aromatic carbocycles. The molecular formula is C27H34I2N6O5. The number of rotatable bonds is 11. The summed E-state index contributed by atoms with van der Waals surface area (Å²) in [5.41, 5.74) is 1.70. The Kier molecular flexibility index (Phi) is 11.4. The van der Waals surface area contributed by atoms with Crippen molar-refractivity contribution in [3.8, 4) is 5.75 Å². The number of fused-ring (bicyclic) bond motifs is 1. The highest BCUT2D eigenvalue weighted by atomic mass is 127. The van der Waals surface area contributed by atoms with Gasteiger partial charge in [0.25, 0.3) is 6.01 Å². The van der Waals surface area contributed by atoms with Gasteiger partial charge in [-0.1, -0.05) is 0 Å². The highest BCUT2D eigenvalue weighted by molar-refractivity contribution is 14.1. The zero-order valence-corrected chi connectivity index (χ0v) is 27.7. The molecule has 0 radical (unpaired) electrons. The molecule has 3 aromatic rings. The van der Waals surface area contributed by atoms with Crippen LogP contribution in [0.1, 0.15) is 18.1 Å². The van der Waals surface area contributed by atoms with Crippen LogP contribution in [0.5, 0.6) is 5.75 Å². The lowest BCUT2D eigenvalue weighted by atomic mass is 10.0. The minimum Gasteiger partial charge on any atom is -0.495 e. The van der Waals surface area contributed by atoms with E-state index in [1.165, 1.54) is 0 Å². The lowest BCUT2D eigenvalue weighted by Crippen LogP contribution is -2.44. The van der Waals surface area contributed by atoms with Gasteiger partial charge in [0.2, 0.25) is 5.91 Å². The largest absolute Gasteiger partial charge is 0.495 e. The van der Waals surface area contributed by atoms with Crippen LogP contribution in [0, 0.1) is 14.1 Å². The third-order valence-electron chi connectivity index (χ3n) is 6.20. The van der Waals surface area contributed by atoms with Crippen molar-refractivity contribution in [2.75, 3.05) is 58.5 Å². The molecule has 0 aliphatic rings. The number of carbonyl (C=O) groups is 2. The molecule has 3 amide bonds. The summed E-state index contributed by atoms with van der Waals surface area (Å²) in [5.74, 6) is 0.618. The Bertz CT molecular complexity index is 1420. The molecule has 0 bridgehead atoms. The summed E-state index contributed by atoms with van der Waals surface area (Å²) in [7, 11) is 7.27. The Labute approximate surface area is 260 Å². The fourth-order valence-electron chi connectivity index (χ4n) is 4.08. The number of benzene rings is 2. The maximum atomic E-state index is 13.6. The fraction of sp³-hybridized carbons (Fsp3) is 0.407. The molecule has 0 spiro atoms. The van der Waals surface area contributed by atoms with E-state index in [1.54, 1.807) is 38.1 Å². The van der Waals surface area contributed by atoms with E-state index >= 15 is 0 Å². The van der Waals surface area contributed by atoms with Gasteiger partial charge in [0.15, 0.2) is 0 Å². The number of methoxy groups -OCH3 is 1. The predicted molar refractivity (Wildman–Crippen MR) is 173 cm³/mol. The molecule has 1 atom stereocenters. The monoisotopic (exact) mass is 776 g/mol. The van der Waals surface area contributed by atoms with Crippen molar-refractivity contribution < 1.29 is 18.7 Å². The van der Waals surface area contributed by atoms with Gasteiger partial charge in [0, 0.05) is 38.8 Å². The average molecular weight is 776 g/mol. The molecule has 0 unspecified atom stereocenters. The summed E-state index contributed by atoms with van der Waals surface area (Å²) in [6, 6.07) is 6.09. The van der Waals surface area contributed by atoms with Crippen LogP contribution in [-0.4, -0.2) is 80.7 Å². The zero-order valence-electron chi connectivity index (χ0n) is 23.4. The van der Waals surface area contributed by atoms with Gasteiger partial charge < -0.3 is 34.9 Å². The molecule has 0 fully saturated rings. The highest BCUT2D eigenvalue weighted by Gasteiger charge is 2.25. The second-order valence-corrected chi connectivity index (χ2v) is 11.8. The number of aromatic nitrogens is 1. The smallest absolute Gasteiger partial charge is 0.348 e. The molecule has 0 aliphatic heterocycles. The SMILES string of the molecule is CCNC(=O)Nc1ccc2nc(N[C@@H](Cc3cc(I)c(OC)c(I)c3)C(=O)N(C)CCN(C)C)oc(=O)c2c1C. The minimum atomic E-state index is -0.750. The van der Waals surface area contributed by atoms with E-state index in [-0.39, 0.29) is 23.3 Å². The molecule has 216 valence electrons. The van der Waals surface area contributed by atoms with Gasteiger partial charge in [0.1, 0.15) is 11.8 Å². The van der Waals surface area contributed by atoms with Crippen LogP contribution < -0.4 is 26.3 Å². The van der Waals surface area contributed by atoms with Crippen molar-refractivity contribution in [2.24, 2.45) is 0 Å². The first-order chi connectivity index (χ1) is 18.9. The van der Waals surface area contributed by atoms with Gasteiger partial charge in [-0.3, -0.25) is 4.79 Å². The van der Waals surface area contributed by atoms with Crippen molar-refractivity contribution in [3.05, 3.63) is 53.0 Å². The quantitative estimate of drug-likeness (QED) is 0.251. The number of anilines is 2. The van der Waals surface area contributed by atoms with Crippen molar-refractivity contribution >= 4 is 79.7 Å². The van der Waals surface area contributed by atoms with Crippen LogP contribution in [0.3, 0.4) is 0 Å². The summed E-state index contributed by atoms with van der Waals surface area (Å²) in [6.07, 6.45) is 0.332. The number of ether oxygens (including phenoxy) is 1. The van der Waals surface area contributed by atoms with Crippen molar-refractivity contribution in [2.45, 2.75) is 26.3 Å². The lowest BCUT2D eigenvalue weighted by molar-refractivity contribution is -0.130. The van der Waals surface area contributed by atoms with Crippen LogP contribution in [0.4, 0.5) is 16.5 Å². The Morgan fingerprint density at radius 3 is 2.40 bits per heavy atom. The van der Waals surface area contributed by atoms with Crippen molar-refractivity contribution in [1.82, 2.24) is 20.1 Å². The second-order valence-electron chi connectivity index (χ2n) is 9.48. The van der Waals surface area contributed by atoms with Crippen LogP contribution >= 0.6 is 45.2 Å². The predicted octanol–water partition coefficient (Wildman–Crippen LogP) is 3.90. The first kappa shape index (κ1) is 31.9. The maximum absolute atomic E-state index is 13.6. The molecular weight excluding hydrogens is 742 g/mol. The Balaban J connectivity index is 1.96.